The molecule has 0 radical (unpaired) electrons. The van der Waals surface area contributed by atoms with Crippen molar-refractivity contribution in [3.05, 3.63) is 52.5 Å². The molecule has 8 nitrogen and oxygen atoms in total. The number of aromatic nitrogens is 2. The first-order valence-corrected chi connectivity index (χ1v) is 12.1. The number of hydrogen-bond acceptors (Lipinski definition) is 9. The van der Waals surface area contributed by atoms with E-state index in [1.165, 1.54) is 35.6 Å². The summed E-state index contributed by atoms with van der Waals surface area (Å²) in [5, 5.41) is 13.1. The molecular weight excluding hydrogens is 469 g/mol. The predicted octanol–water partition coefficient (Wildman–Crippen LogP) is 4.96. The highest BCUT2D eigenvalue weighted by molar-refractivity contribution is 7.99. The first kappa shape index (κ1) is 24.7. The topological polar surface area (TPSA) is 104 Å². The number of carbonyl (C=O) groups excluding carboxylic acids is 2. The summed E-state index contributed by atoms with van der Waals surface area (Å²) in [6, 6.07) is 5.56. The van der Waals surface area contributed by atoms with Crippen LogP contribution in [0.4, 0.5) is 9.39 Å². The Morgan fingerprint density at radius 3 is 2.70 bits per heavy atom. The molecule has 2 heterocycles. The quantitative estimate of drug-likeness (QED) is 0.295. The second-order valence-electron chi connectivity index (χ2n) is 7.32. The average molecular weight is 494 g/mol. The van der Waals surface area contributed by atoms with Gasteiger partial charge in [0.2, 0.25) is 5.91 Å². The van der Waals surface area contributed by atoms with Crippen LogP contribution in [0.5, 0.6) is 5.75 Å². The third-order valence-electron chi connectivity index (χ3n) is 4.18. The Hall–Kier alpha value is -2.92. The van der Waals surface area contributed by atoms with E-state index in [0.29, 0.717) is 28.7 Å². The summed E-state index contributed by atoms with van der Waals surface area (Å²) < 4.78 is 29.0. The Morgan fingerprint density at radius 2 is 2.00 bits per heavy atom. The van der Waals surface area contributed by atoms with E-state index in [9.17, 15) is 14.0 Å². The number of benzene rings is 1. The molecule has 3 rings (SSSR count). The Labute approximate surface area is 198 Å². The summed E-state index contributed by atoms with van der Waals surface area (Å²) in [5.74, 6) is -0.0569. The van der Waals surface area contributed by atoms with Crippen molar-refractivity contribution in [3.8, 4) is 5.75 Å². The maximum absolute atomic E-state index is 12.9. The molecular formula is C22H24FN3O5S2. The van der Waals surface area contributed by atoms with Crippen LogP contribution >= 0.6 is 23.1 Å². The largest absolute Gasteiger partial charge is 0.484 e. The molecule has 1 aromatic carbocycles. The summed E-state index contributed by atoms with van der Waals surface area (Å²) >= 11 is 2.36. The molecule has 0 aliphatic heterocycles. The summed E-state index contributed by atoms with van der Waals surface area (Å²) in [5.41, 5.74) is 1.27. The van der Waals surface area contributed by atoms with Crippen LogP contribution in [0.25, 0.3) is 0 Å². The molecule has 0 saturated heterocycles. The predicted molar refractivity (Wildman–Crippen MR) is 123 cm³/mol. The normalized spacial score (nSPS) is 10.9. The fourth-order valence-corrected chi connectivity index (χ4v) is 4.38. The lowest BCUT2D eigenvalue weighted by molar-refractivity contribution is -0.113. The fourth-order valence-electron chi connectivity index (χ4n) is 2.82. The van der Waals surface area contributed by atoms with Gasteiger partial charge >= 0.3 is 5.97 Å². The second kappa shape index (κ2) is 11.8. The average Bonchev–Trinajstić information content (AvgIpc) is 3.38. The minimum absolute atomic E-state index is 0.0140. The minimum atomic E-state index is -0.444. The summed E-state index contributed by atoms with van der Waals surface area (Å²) in [6.45, 7) is 6.13. The molecule has 0 atom stereocenters. The van der Waals surface area contributed by atoms with Crippen LogP contribution in [-0.2, 0) is 22.6 Å². The van der Waals surface area contributed by atoms with Crippen molar-refractivity contribution in [2.75, 3.05) is 17.7 Å². The van der Waals surface area contributed by atoms with E-state index in [4.69, 9.17) is 13.9 Å². The number of carbonyl (C=O) groups is 2. The molecule has 0 spiro atoms. The highest BCUT2D eigenvalue weighted by Gasteiger charge is 2.22. The lowest BCUT2D eigenvalue weighted by atomic mass is 10.0. The number of halogens is 1. The van der Waals surface area contributed by atoms with Gasteiger partial charge in [0.1, 0.15) is 16.6 Å². The van der Waals surface area contributed by atoms with E-state index in [-0.39, 0.29) is 41.8 Å². The van der Waals surface area contributed by atoms with Gasteiger partial charge in [-0.25, -0.2) is 9.18 Å². The number of thiophene rings is 1. The van der Waals surface area contributed by atoms with Crippen molar-refractivity contribution in [1.29, 1.82) is 0 Å². The number of amides is 1. The first-order chi connectivity index (χ1) is 15.9. The van der Waals surface area contributed by atoms with Crippen molar-refractivity contribution < 1.29 is 27.9 Å². The van der Waals surface area contributed by atoms with E-state index < -0.39 is 5.97 Å². The van der Waals surface area contributed by atoms with Gasteiger partial charge in [-0.05, 0) is 54.5 Å². The van der Waals surface area contributed by atoms with E-state index in [1.54, 1.807) is 6.92 Å². The van der Waals surface area contributed by atoms with Crippen LogP contribution in [-0.4, -0.2) is 34.4 Å². The van der Waals surface area contributed by atoms with Crippen LogP contribution in [0.15, 0.2) is 39.3 Å². The van der Waals surface area contributed by atoms with Crippen LogP contribution in [0, 0.1) is 11.7 Å². The van der Waals surface area contributed by atoms with Gasteiger partial charge in [-0.3, -0.25) is 4.79 Å². The van der Waals surface area contributed by atoms with Gasteiger partial charge in [0.25, 0.3) is 11.1 Å². The molecule has 0 unspecified atom stereocenters. The molecule has 33 heavy (non-hydrogen) atoms. The highest BCUT2D eigenvalue weighted by Crippen LogP contribution is 2.31. The molecule has 3 aromatic rings. The van der Waals surface area contributed by atoms with Gasteiger partial charge in [-0.1, -0.05) is 25.6 Å². The highest BCUT2D eigenvalue weighted by atomic mass is 32.2. The lowest BCUT2D eigenvalue weighted by Crippen LogP contribution is -2.17. The molecule has 1 N–H and O–H groups in total. The molecule has 11 heteroatoms. The number of rotatable bonds is 11. The first-order valence-electron chi connectivity index (χ1n) is 10.3. The van der Waals surface area contributed by atoms with E-state index in [2.05, 4.69) is 29.4 Å². The van der Waals surface area contributed by atoms with Crippen molar-refractivity contribution >= 4 is 40.0 Å². The fraction of sp³-hybridized carbons (Fsp3) is 0.364. The monoisotopic (exact) mass is 493 g/mol. The van der Waals surface area contributed by atoms with Crippen LogP contribution < -0.4 is 10.1 Å². The SMILES string of the molecule is CCOC(=O)c1c(CC(C)C)csc1NC(=O)CSc1nnc(COc2ccc(F)cc2)o1. The van der Waals surface area contributed by atoms with Gasteiger partial charge in [0, 0.05) is 0 Å². The Bertz CT molecular complexity index is 1080. The summed E-state index contributed by atoms with van der Waals surface area (Å²) in [4.78, 5) is 24.9. The standard InChI is InChI=1S/C22H24FN3O5S2/c1-4-29-21(28)19-14(9-13(2)3)11-32-20(19)24-17(27)12-33-22-26-25-18(31-22)10-30-16-7-5-15(23)6-8-16/h5-8,11,13H,4,9-10,12H2,1-3H3,(H,24,27). The Morgan fingerprint density at radius 1 is 1.24 bits per heavy atom. The van der Waals surface area contributed by atoms with Crippen LogP contribution in [0.3, 0.4) is 0 Å². The van der Waals surface area contributed by atoms with Gasteiger partial charge in [-0.2, -0.15) is 0 Å². The molecule has 0 fully saturated rings. The van der Waals surface area contributed by atoms with Crippen LogP contribution in [0.2, 0.25) is 0 Å². The third kappa shape index (κ3) is 7.29. The smallest absolute Gasteiger partial charge is 0.341 e. The summed E-state index contributed by atoms with van der Waals surface area (Å²) in [7, 11) is 0. The van der Waals surface area contributed by atoms with E-state index in [1.807, 2.05) is 5.38 Å². The Kier molecular flexibility index (Phi) is 8.84. The number of ether oxygens (including phenoxy) is 2. The number of esters is 1. The number of hydrogen-bond donors (Lipinski definition) is 1. The zero-order valence-corrected chi connectivity index (χ0v) is 20.1. The Balaban J connectivity index is 1.54. The van der Waals surface area contributed by atoms with Crippen molar-refractivity contribution in [1.82, 2.24) is 10.2 Å². The minimum Gasteiger partial charge on any atom is -0.484 e. The number of nitrogens with zero attached hydrogens (tertiary/aromatic N) is 2. The second-order valence-corrected chi connectivity index (χ2v) is 9.13. The molecule has 0 aliphatic carbocycles. The van der Waals surface area contributed by atoms with Gasteiger partial charge < -0.3 is 19.2 Å². The van der Waals surface area contributed by atoms with Gasteiger partial charge in [-0.15, -0.1) is 21.5 Å². The van der Waals surface area contributed by atoms with Crippen molar-refractivity contribution in [2.24, 2.45) is 5.92 Å². The maximum atomic E-state index is 12.9. The summed E-state index contributed by atoms with van der Waals surface area (Å²) in [6.07, 6.45) is 0.708. The molecule has 1 amide bonds. The molecule has 176 valence electrons. The number of thioether (sulfide) groups is 1. The maximum Gasteiger partial charge on any atom is 0.341 e. The third-order valence-corrected chi connectivity index (χ3v) is 5.94. The lowest BCUT2D eigenvalue weighted by Gasteiger charge is -2.09. The molecule has 2 aromatic heterocycles. The van der Waals surface area contributed by atoms with Crippen molar-refractivity contribution in [2.45, 2.75) is 39.0 Å². The molecule has 0 bridgehead atoms. The van der Waals surface area contributed by atoms with Crippen LogP contribution in [0.1, 0.15) is 42.6 Å². The van der Waals surface area contributed by atoms with Gasteiger partial charge in [0.15, 0.2) is 6.61 Å². The van der Waals surface area contributed by atoms with Gasteiger partial charge in [0.05, 0.1) is 17.9 Å². The van der Waals surface area contributed by atoms with E-state index >= 15 is 0 Å². The number of nitrogens with one attached hydrogen (secondary N) is 1. The molecule has 0 saturated carbocycles. The zero-order valence-electron chi connectivity index (χ0n) is 18.4. The molecule has 0 aliphatic rings. The zero-order chi connectivity index (χ0) is 23.8. The van der Waals surface area contributed by atoms with Crippen molar-refractivity contribution in [3.63, 3.8) is 0 Å². The number of anilines is 1. The van der Waals surface area contributed by atoms with E-state index in [0.717, 1.165) is 17.3 Å².